The maximum atomic E-state index is 11.1. The molecule has 0 rings (SSSR count). The summed E-state index contributed by atoms with van der Waals surface area (Å²) in [6.07, 6.45) is 19.1. The summed E-state index contributed by atoms with van der Waals surface area (Å²) in [5.41, 5.74) is 0. The van der Waals surface area contributed by atoms with Gasteiger partial charge in [-0.3, -0.25) is 9.59 Å². The van der Waals surface area contributed by atoms with Gasteiger partial charge in [-0.2, -0.15) is 0 Å². The Bertz CT molecular complexity index is 509. The van der Waals surface area contributed by atoms with Gasteiger partial charge >= 0.3 is 11.9 Å². The molecule has 0 saturated heterocycles. The molecule has 0 aliphatic carbocycles. The molecule has 200 valence electrons. The summed E-state index contributed by atoms with van der Waals surface area (Å²) < 4.78 is 20.8. The second-order valence-electron chi connectivity index (χ2n) is 9.00. The van der Waals surface area contributed by atoms with E-state index in [4.69, 9.17) is 9.47 Å². The van der Waals surface area contributed by atoms with E-state index in [2.05, 4.69) is 26.5 Å². The fourth-order valence-electron chi connectivity index (χ4n) is 3.43. The molecule has 0 bridgehead atoms. The summed E-state index contributed by atoms with van der Waals surface area (Å²) in [5.74, 6) is -0.294. The molecule has 0 aliphatic rings. The molecule has 1 atom stereocenters. The van der Waals surface area contributed by atoms with Crippen LogP contribution in [0.3, 0.4) is 0 Å². The third-order valence-corrected chi connectivity index (χ3v) is 5.80. The van der Waals surface area contributed by atoms with Crippen LogP contribution in [0, 0.1) is 0 Å². The van der Waals surface area contributed by atoms with Gasteiger partial charge in [0, 0.05) is 26.1 Å². The van der Waals surface area contributed by atoms with Gasteiger partial charge < -0.3 is 23.8 Å². The fraction of sp³-hybridized carbons (Fsp3) is 0.852. The molecule has 0 amide bonds. The average Bonchev–Trinajstić information content (AvgIpc) is 2.83. The van der Waals surface area contributed by atoms with Crippen LogP contribution in [-0.2, 0) is 28.5 Å². The predicted molar refractivity (Wildman–Crippen MR) is 137 cm³/mol. The third-order valence-electron chi connectivity index (χ3n) is 5.80. The minimum absolute atomic E-state index is 0.104. The Morgan fingerprint density at radius 2 is 1.09 bits per heavy atom. The number of hydrogen-bond acceptors (Lipinski definition) is 7. The molecule has 0 aromatic carbocycles. The summed E-state index contributed by atoms with van der Waals surface area (Å²) in [4.78, 5) is 24.2. The molecule has 1 unspecified atom stereocenters. The van der Waals surface area contributed by atoms with Crippen LogP contribution in [0.2, 0.25) is 0 Å². The first-order valence-corrected chi connectivity index (χ1v) is 13.1. The smallest absolute Gasteiger partial charge is 0.305 e. The summed E-state index contributed by atoms with van der Waals surface area (Å²) in [7, 11) is 6.92. The molecule has 0 fully saturated rings. The number of esters is 2. The number of allylic oxidation sites excluding steroid dienone is 2. The standard InChI is InChI=1S/C27H51NO6/c1-28(2)25(24-34-22-18-20-27(30)32-4)23-33-21-17-15-13-11-9-7-5-6-8-10-12-14-16-19-26(29)31-3/h6,8,25H,5,7,9-24H2,1-4H3/b8-6+. The monoisotopic (exact) mass is 485 g/mol. The highest BCUT2D eigenvalue weighted by Gasteiger charge is 2.12. The zero-order valence-electron chi connectivity index (χ0n) is 22.4. The van der Waals surface area contributed by atoms with Crippen molar-refractivity contribution in [2.45, 2.75) is 95.9 Å². The molecule has 0 saturated carbocycles. The minimum atomic E-state index is -0.190. The van der Waals surface area contributed by atoms with Gasteiger partial charge in [-0.05, 0) is 59.0 Å². The van der Waals surface area contributed by atoms with E-state index in [1.807, 2.05) is 14.1 Å². The van der Waals surface area contributed by atoms with Crippen LogP contribution in [0.15, 0.2) is 12.2 Å². The maximum absolute atomic E-state index is 11.1. The molecule has 0 heterocycles. The Labute approximate surface area is 208 Å². The van der Waals surface area contributed by atoms with Crippen molar-refractivity contribution in [2.24, 2.45) is 0 Å². The lowest BCUT2D eigenvalue weighted by Crippen LogP contribution is -2.37. The SMILES string of the molecule is COC(=O)CCCCC/C=C/CCCCCCCCOCC(COCCCC(=O)OC)N(C)C. The molecule has 7 heteroatoms. The second kappa shape index (κ2) is 24.7. The molecule has 0 aromatic rings. The maximum Gasteiger partial charge on any atom is 0.305 e. The van der Waals surface area contributed by atoms with Crippen LogP contribution in [-0.4, -0.2) is 77.6 Å². The zero-order valence-corrected chi connectivity index (χ0v) is 22.4. The lowest BCUT2D eigenvalue weighted by Gasteiger charge is -2.24. The quantitative estimate of drug-likeness (QED) is 0.104. The van der Waals surface area contributed by atoms with Crippen LogP contribution in [0.5, 0.6) is 0 Å². The molecule has 0 spiro atoms. The molecule has 0 N–H and O–H groups in total. The first kappa shape index (κ1) is 32.6. The number of likely N-dealkylation sites (N-methyl/N-ethyl adjacent to an activating group) is 1. The molecular formula is C27H51NO6. The number of methoxy groups -OCH3 is 2. The van der Waals surface area contributed by atoms with Gasteiger partial charge in [-0.25, -0.2) is 0 Å². The average molecular weight is 486 g/mol. The summed E-state index contributed by atoms with van der Waals surface area (Å²) in [5, 5.41) is 0. The van der Waals surface area contributed by atoms with E-state index in [0.717, 1.165) is 38.7 Å². The number of carbonyl (C=O) groups excluding carboxylic acids is 2. The van der Waals surface area contributed by atoms with E-state index in [-0.39, 0.29) is 18.0 Å². The second-order valence-corrected chi connectivity index (χ2v) is 9.00. The van der Waals surface area contributed by atoms with Crippen molar-refractivity contribution in [3.63, 3.8) is 0 Å². The Kier molecular flexibility index (Phi) is 23.6. The molecular weight excluding hydrogens is 434 g/mol. The highest BCUT2D eigenvalue weighted by molar-refractivity contribution is 5.69. The molecule has 0 aromatic heterocycles. The normalized spacial score (nSPS) is 12.4. The summed E-state index contributed by atoms with van der Waals surface area (Å²) >= 11 is 0. The number of ether oxygens (including phenoxy) is 4. The van der Waals surface area contributed by atoms with E-state index in [1.165, 1.54) is 52.7 Å². The first-order valence-electron chi connectivity index (χ1n) is 13.1. The Morgan fingerprint density at radius 1 is 0.647 bits per heavy atom. The number of hydrogen-bond donors (Lipinski definition) is 0. The van der Waals surface area contributed by atoms with Crippen LogP contribution in [0.1, 0.15) is 89.9 Å². The zero-order chi connectivity index (χ0) is 25.3. The van der Waals surface area contributed by atoms with E-state index >= 15 is 0 Å². The largest absolute Gasteiger partial charge is 0.469 e. The lowest BCUT2D eigenvalue weighted by molar-refractivity contribution is -0.141. The summed E-state index contributed by atoms with van der Waals surface area (Å²) in [6.45, 7) is 2.64. The van der Waals surface area contributed by atoms with Crippen LogP contribution < -0.4 is 0 Å². The van der Waals surface area contributed by atoms with Gasteiger partial charge in [0.25, 0.3) is 0 Å². The van der Waals surface area contributed by atoms with Crippen molar-refractivity contribution < 1.29 is 28.5 Å². The number of carbonyl (C=O) groups is 2. The van der Waals surface area contributed by atoms with E-state index in [1.54, 1.807) is 0 Å². The van der Waals surface area contributed by atoms with Crippen molar-refractivity contribution in [1.29, 1.82) is 0 Å². The van der Waals surface area contributed by atoms with E-state index < -0.39 is 0 Å². The van der Waals surface area contributed by atoms with Crippen LogP contribution >= 0.6 is 0 Å². The fourth-order valence-corrected chi connectivity index (χ4v) is 3.43. The highest BCUT2D eigenvalue weighted by atomic mass is 16.5. The van der Waals surface area contributed by atoms with Crippen molar-refractivity contribution >= 4 is 11.9 Å². The number of nitrogens with zero attached hydrogens (tertiary/aromatic N) is 1. The molecule has 0 aliphatic heterocycles. The lowest BCUT2D eigenvalue weighted by atomic mass is 10.1. The van der Waals surface area contributed by atoms with Crippen molar-refractivity contribution in [3.8, 4) is 0 Å². The van der Waals surface area contributed by atoms with Gasteiger partial charge in [0.15, 0.2) is 0 Å². The van der Waals surface area contributed by atoms with Crippen molar-refractivity contribution in [2.75, 3.05) is 54.7 Å². The Hall–Kier alpha value is -1.44. The van der Waals surface area contributed by atoms with Crippen molar-refractivity contribution in [3.05, 3.63) is 12.2 Å². The predicted octanol–water partition coefficient (Wildman–Crippen LogP) is 5.31. The van der Waals surface area contributed by atoms with Gasteiger partial charge in [0.1, 0.15) is 0 Å². The molecule has 34 heavy (non-hydrogen) atoms. The molecule has 7 nitrogen and oxygen atoms in total. The highest BCUT2D eigenvalue weighted by Crippen LogP contribution is 2.09. The van der Waals surface area contributed by atoms with E-state index in [0.29, 0.717) is 39.1 Å². The van der Waals surface area contributed by atoms with Crippen LogP contribution in [0.4, 0.5) is 0 Å². The Morgan fingerprint density at radius 3 is 1.62 bits per heavy atom. The first-order chi connectivity index (χ1) is 16.5. The summed E-state index contributed by atoms with van der Waals surface area (Å²) in [6, 6.07) is 0.228. The van der Waals surface area contributed by atoms with Gasteiger partial charge in [-0.15, -0.1) is 0 Å². The van der Waals surface area contributed by atoms with Gasteiger partial charge in [0.2, 0.25) is 0 Å². The molecule has 0 radical (unpaired) electrons. The van der Waals surface area contributed by atoms with Crippen molar-refractivity contribution in [1.82, 2.24) is 4.90 Å². The van der Waals surface area contributed by atoms with Gasteiger partial charge in [0.05, 0.1) is 33.5 Å². The number of unbranched alkanes of at least 4 members (excludes halogenated alkanes) is 9. The minimum Gasteiger partial charge on any atom is -0.469 e. The Balaban J connectivity index is 3.45. The van der Waals surface area contributed by atoms with Gasteiger partial charge in [-0.1, -0.05) is 44.3 Å². The van der Waals surface area contributed by atoms with E-state index in [9.17, 15) is 9.59 Å². The van der Waals surface area contributed by atoms with Crippen LogP contribution in [0.25, 0.3) is 0 Å². The third kappa shape index (κ3) is 22.4. The topological polar surface area (TPSA) is 74.3 Å². The number of rotatable bonds is 24.